The molecule has 0 aliphatic carbocycles. The number of aryl methyl sites for hydroxylation is 2. The average Bonchev–Trinajstić information content (AvgIpc) is 3.12. The first-order chi connectivity index (χ1) is 15.4. The summed E-state index contributed by atoms with van der Waals surface area (Å²) >= 11 is 0. The molecule has 3 aromatic rings. The molecule has 1 aromatic carbocycles. The van der Waals surface area contributed by atoms with Crippen LogP contribution in [0.25, 0.3) is 23.3 Å². The first-order valence-electron chi connectivity index (χ1n) is 10.1. The highest BCUT2D eigenvalue weighted by Gasteiger charge is 2.17. The summed E-state index contributed by atoms with van der Waals surface area (Å²) in [6, 6.07) is 5.25. The summed E-state index contributed by atoms with van der Waals surface area (Å²) in [5, 5.41) is 0. The molecule has 0 atom stereocenters. The second kappa shape index (κ2) is 9.54. The first-order valence-corrected chi connectivity index (χ1v) is 10.1. The molecule has 0 bridgehead atoms. The van der Waals surface area contributed by atoms with E-state index in [0.29, 0.717) is 35.0 Å². The Morgan fingerprint density at radius 2 is 1.78 bits per heavy atom. The van der Waals surface area contributed by atoms with Crippen molar-refractivity contribution in [2.45, 2.75) is 26.9 Å². The van der Waals surface area contributed by atoms with E-state index in [9.17, 15) is 14.4 Å². The molecule has 0 saturated carbocycles. The van der Waals surface area contributed by atoms with Crippen molar-refractivity contribution in [2.24, 2.45) is 7.05 Å². The summed E-state index contributed by atoms with van der Waals surface area (Å²) in [4.78, 5) is 41.3. The van der Waals surface area contributed by atoms with E-state index < -0.39 is 5.97 Å². The van der Waals surface area contributed by atoms with Crippen LogP contribution in [0, 0.1) is 0 Å². The maximum absolute atomic E-state index is 12.8. The van der Waals surface area contributed by atoms with E-state index in [2.05, 4.69) is 9.72 Å². The number of benzene rings is 1. The molecule has 10 heteroatoms. The molecular formula is C22H26N4O6. The molecule has 0 radical (unpaired) electrons. The normalized spacial score (nSPS) is 11.3. The SMILES string of the molecule is CCn1c(=O)c2c(nc(/C=C/c3ccc(OC)c(OCC(=O)OC)c3)n2C)n(CC)c1=O. The Morgan fingerprint density at radius 1 is 1.06 bits per heavy atom. The molecule has 0 unspecified atom stereocenters. The fraction of sp³-hybridized carbons (Fsp3) is 0.364. The van der Waals surface area contributed by atoms with Gasteiger partial charge < -0.3 is 18.8 Å². The quantitative estimate of drug-likeness (QED) is 0.489. The zero-order chi connectivity index (χ0) is 23.4. The number of hydrogen-bond donors (Lipinski definition) is 0. The lowest BCUT2D eigenvalue weighted by atomic mass is 10.2. The minimum Gasteiger partial charge on any atom is -0.493 e. The van der Waals surface area contributed by atoms with Crippen LogP contribution in [-0.2, 0) is 29.7 Å². The smallest absolute Gasteiger partial charge is 0.343 e. The van der Waals surface area contributed by atoms with E-state index in [-0.39, 0.29) is 24.4 Å². The van der Waals surface area contributed by atoms with Crippen molar-refractivity contribution in [2.75, 3.05) is 20.8 Å². The minimum atomic E-state index is -0.507. The second-order valence-corrected chi connectivity index (χ2v) is 6.89. The van der Waals surface area contributed by atoms with Gasteiger partial charge in [0.1, 0.15) is 5.82 Å². The Labute approximate surface area is 184 Å². The van der Waals surface area contributed by atoms with Crippen LogP contribution in [0.4, 0.5) is 0 Å². The summed E-state index contributed by atoms with van der Waals surface area (Å²) in [5.41, 5.74) is 0.742. The Hall–Kier alpha value is -3.82. The van der Waals surface area contributed by atoms with Crippen LogP contribution in [0.1, 0.15) is 25.2 Å². The van der Waals surface area contributed by atoms with Crippen LogP contribution in [0.15, 0.2) is 27.8 Å². The van der Waals surface area contributed by atoms with Gasteiger partial charge >= 0.3 is 11.7 Å². The molecule has 0 saturated heterocycles. The number of hydrogen-bond acceptors (Lipinski definition) is 7. The molecule has 0 spiro atoms. The fourth-order valence-electron chi connectivity index (χ4n) is 3.37. The van der Waals surface area contributed by atoms with Crippen LogP contribution in [-0.4, -0.2) is 45.5 Å². The van der Waals surface area contributed by atoms with E-state index in [1.165, 1.54) is 23.4 Å². The third-order valence-electron chi connectivity index (χ3n) is 5.09. The van der Waals surface area contributed by atoms with Crippen molar-refractivity contribution in [3.05, 3.63) is 50.4 Å². The monoisotopic (exact) mass is 442 g/mol. The van der Waals surface area contributed by atoms with Gasteiger partial charge in [0.15, 0.2) is 29.3 Å². The highest BCUT2D eigenvalue weighted by Crippen LogP contribution is 2.29. The summed E-state index contributed by atoms with van der Waals surface area (Å²) in [7, 11) is 4.53. The summed E-state index contributed by atoms with van der Waals surface area (Å²) in [5.74, 6) is 0.865. The lowest BCUT2D eigenvalue weighted by Crippen LogP contribution is -2.39. The molecule has 0 aliphatic rings. The number of carbonyl (C=O) groups excluding carboxylic acids is 1. The summed E-state index contributed by atoms with van der Waals surface area (Å²) < 4.78 is 19.7. The molecule has 0 N–H and O–H groups in total. The fourth-order valence-corrected chi connectivity index (χ4v) is 3.37. The van der Waals surface area contributed by atoms with Crippen LogP contribution >= 0.6 is 0 Å². The topological polar surface area (TPSA) is 107 Å². The van der Waals surface area contributed by atoms with Crippen LogP contribution in [0.3, 0.4) is 0 Å². The Morgan fingerprint density at radius 3 is 2.41 bits per heavy atom. The van der Waals surface area contributed by atoms with E-state index in [1.807, 2.05) is 13.0 Å². The maximum atomic E-state index is 12.8. The second-order valence-electron chi connectivity index (χ2n) is 6.89. The lowest BCUT2D eigenvalue weighted by molar-refractivity contribution is -0.142. The van der Waals surface area contributed by atoms with Crippen molar-refractivity contribution < 1.29 is 19.0 Å². The highest BCUT2D eigenvalue weighted by molar-refractivity contribution is 5.77. The number of carbonyl (C=O) groups is 1. The van der Waals surface area contributed by atoms with Crippen LogP contribution in [0.2, 0.25) is 0 Å². The predicted molar refractivity (Wildman–Crippen MR) is 120 cm³/mol. The summed E-state index contributed by atoms with van der Waals surface area (Å²) in [6.45, 7) is 4.03. The lowest BCUT2D eigenvalue weighted by Gasteiger charge is -2.10. The van der Waals surface area contributed by atoms with Gasteiger partial charge in [-0.15, -0.1) is 0 Å². The number of esters is 1. The largest absolute Gasteiger partial charge is 0.493 e. The Bertz CT molecular complexity index is 1300. The molecule has 0 aliphatic heterocycles. The zero-order valence-corrected chi connectivity index (χ0v) is 18.7. The van der Waals surface area contributed by atoms with Gasteiger partial charge in [0.2, 0.25) is 0 Å². The standard InChI is InChI=1S/C22H26N4O6/c1-6-25-20-19(21(28)26(7-2)22(25)29)24(3)17(23-20)11-9-14-8-10-15(30-4)16(12-14)32-13-18(27)31-5/h8-12H,6-7,13H2,1-5H3/b11-9+. The zero-order valence-electron chi connectivity index (χ0n) is 18.7. The molecule has 10 nitrogen and oxygen atoms in total. The maximum Gasteiger partial charge on any atom is 0.343 e. The number of imidazole rings is 1. The third kappa shape index (κ3) is 4.16. The third-order valence-corrected chi connectivity index (χ3v) is 5.09. The molecule has 2 heterocycles. The van der Waals surface area contributed by atoms with Gasteiger partial charge in [-0.3, -0.25) is 13.9 Å². The van der Waals surface area contributed by atoms with Crippen molar-refractivity contribution >= 4 is 29.3 Å². The molecule has 0 fully saturated rings. The van der Waals surface area contributed by atoms with Gasteiger partial charge in [0, 0.05) is 20.1 Å². The van der Waals surface area contributed by atoms with E-state index in [0.717, 1.165) is 5.56 Å². The number of rotatable bonds is 8. The van der Waals surface area contributed by atoms with Crippen molar-refractivity contribution in [3.8, 4) is 11.5 Å². The highest BCUT2D eigenvalue weighted by atomic mass is 16.6. The first kappa shape index (κ1) is 22.9. The van der Waals surface area contributed by atoms with E-state index in [4.69, 9.17) is 9.47 Å². The average molecular weight is 442 g/mol. The van der Waals surface area contributed by atoms with Gasteiger partial charge in [0.05, 0.1) is 14.2 Å². The Balaban J connectivity index is 2.03. The number of ether oxygens (including phenoxy) is 3. The predicted octanol–water partition coefficient (Wildman–Crippen LogP) is 1.67. The van der Waals surface area contributed by atoms with Crippen molar-refractivity contribution in [3.63, 3.8) is 0 Å². The summed E-state index contributed by atoms with van der Waals surface area (Å²) in [6.07, 6.45) is 3.53. The molecule has 0 amide bonds. The van der Waals surface area contributed by atoms with E-state index in [1.54, 1.807) is 42.8 Å². The molecular weight excluding hydrogens is 416 g/mol. The molecule has 170 valence electrons. The van der Waals surface area contributed by atoms with E-state index >= 15 is 0 Å². The molecule has 32 heavy (non-hydrogen) atoms. The number of methoxy groups -OCH3 is 2. The Kier molecular flexibility index (Phi) is 6.82. The van der Waals surface area contributed by atoms with Gasteiger partial charge in [-0.25, -0.2) is 14.6 Å². The van der Waals surface area contributed by atoms with Gasteiger partial charge in [0.25, 0.3) is 5.56 Å². The van der Waals surface area contributed by atoms with Gasteiger partial charge in [-0.1, -0.05) is 12.1 Å². The van der Waals surface area contributed by atoms with Crippen LogP contribution in [0.5, 0.6) is 11.5 Å². The van der Waals surface area contributed by atoms with Gasteiger partial charge in [-0.05, 0) is 37.6 Å². The number of fused-ring (bicyclic) bond motifs is 1. The van der Waals surface area contributed by atoms with Crippen LogP contribution < -0.4 is 20.7 Å². The van der Waals surface area contributed by atoms with Gasteiger partial charge in [-0.2, -0.15) is 0 Å². The molecule has 2 aromatic heterocycles. The number of aromatic nitrogens is 4. The molecule has 3 rings (SSSR count). The minimum absolute atomic E-state index is 0.247. The van der Waals surface area contributed by atoms with Crippen molar-refractivity contribution in [1.29, 1.82) is 0 Å². The van der Waals surface area contributed by atoms with Crippen molar-refractivity contribution in [1.82, 2.24) is 18.7 Å². The number of nitrogens with zero attached hydrogens (tertiary/aromatic N) is 4.